The first-order valence-corrected chi connectivity index (χ1v) is 8.64. The normalized spacial score (nSPS) is 21.9. The van der Waals surface area contributed by atoms with Crippen LogP contribution in [0.4, 0.5) is 23.2 Å². The molecule has 0 aliphatic carbocycles. The van der Waals surface area contributed by atoms with E-state index >= 15 is 0 Å². The summed E-state index contributed by atoms with van der Waals surface area (Å²) in [4.78, 5) is 25.6. The molecule has 2 atom stereocenters. The summed E-state index contributed by atoms with van der Waals surface area (Å²) in [6.07, 6.45) is -4.69. The Morgan fingerprint density at radius 3 is 2.67 bits per heavy atom. The molecule has 0 radical (unpaired) electrons. The van der Waals surface area contributed by atoms with Crippen LogP contribution in [0.2, 0.25) is 0 Å². The summed E-state index contributed by atoms with van der Waals surface area (Å²) in [5.41, 5.74) is 0.556. The molecule has 1 fully saturated rings. The summed E-state index contributed by atoms with van der Waals surface area (Å²) in [6.45, 7) is 0.753. The number of carbonyl (C=O) groups excluding carboxylic acids is 2. The topological polar surface area (TPSA) is 73.5 Å². The lowest BCUT2D eigenvalue weighted by atomic mass is 9.89. The van der Waals surface area contributed by atoms with E-state index in [1.54, 1.807) is 0 Å². The van der Waals surface area contributed by atoms with Gasteiger partial charge in [-0.2, -0.15) is 13.2 Å². The molecule has 2 heterocycles. The van der Waals surface area contributed by atoms with Gasteiger partial charge in [0.25, 0.3) is 0 Å². The van der Waals surface area contributed by atoms with Gasteiger partial charge in [-0.25, -0.2) is 4.39 Å². The fraction of sp³-hybridized carbons (Fsp3) is 0.529. The summed E-state index contributed by atoms with van der Waals surface area (Å²) in [7, 11) is 0. The van der Waals surface area contributed by atoms with Gasteiger partial charge in [0.05, 0.1) is 5.92 Å². The zero-order chi connectivity index (χ0) is 19.6. The highest BCUT2D eigenvalue weighted by Gasteiger charge is 2.44. The number of halogens is 4. The average molecular weight is 388 g/mol. The molecule has 3 rings (SSSR count). The fourth-order valence-corrected chi connectivity index (χ4v) is 3.44. The van der Waals surface area contributed by atoms with Crippen LogP contribution < -0.4 is 16.0 Å². The van der Waals surface area contributed by atoms with E-state index in [0.29, 0.717) is 18.7 Å². The predicted octanol–water partition coefficient (Wildman–Crippen LogP) is 1.20. The van der Waals surface area contributed by atoms with Crippen LogP contribution in [0.3, 0.4) is 0 Å². The smallest absolute Gasteiger partial charge is 0.354 e. The molecule has 2 unspecified atom stereocenters. The minimum Gasteiger partial charge on any atom is -0.354 e. The van der Waals surface area contributed by atoms with Gasteiger partial charge < -0.3 is 16.0 Å². The zero-order valence-corrected chi connectivity index (χ0v) is 14.4. The Morgan fingerprint density at radius 1 is 1.30 bits per heavy atom. The van der Waals surface area contributed by atoms with Gasteiger partial charge in [0.2, 0.25) is 11.8 Å². The number of amides is 2. The number of hydrogen-bond acceptors (Lipinski definition) is 4. The van der Waals surface area contributed by atoms with E-state index in [9.17, 15) is 27.2 Å². The first kappa shape index (κ1) is 19.6. The van der Waals surface area contributed by atoms with Crippen LogP contribution in [0.5, 0.6) is 0 Å². The molecule has 2 aliphatic rings. The Morgan fingerprint density at radius 2 is 2.00 bits per heavy atom. The number of hydrogen-bond donors (Lipinski definition) is 3. The first-order valence-electron chi connectivity index (χ1n) is 8.64. The van der Waals surface area contributed by atoms with E-state index in [4.69, 9.17) is 0 Å². The van der Waals surface area contributed by atoms with Crippen molar-refractivity contribution in [2.24, 2.45) is 0 Å². The van der Waals surface area contributed by atoms with Crippen molar-refractivity contribution in [3.05, 3.63) is 29.6 Å². The van der Waals surface area contributed by atoms with E-state index in [2.05, 4.69) is 16.0 Å². The third kappa shape index (κ3) is 4.56. The third-order valence-electron chi connectivity index (χ3n) is 4.81. The fourth-order valence-electron chi connectivity index (χ4n) is 3.44. The standard InChI is InChI=1S/C17H20F4N4O2/c18-10-1-2-11-12(8-15(26)24-13(11)7-10)16(27)23-9-14(17(19,20)21)25-5-3-22-4-6-25/h1-2,7,12,14,22H,3-6,8-9H2,(H,23,27)(H,24,26). The molecule has 0 bridgehead atoms. The Kier molecular flexibility index (Phi) is 5.66. The molecular formula is C17H20F4N4O2. The van der Waals surface area contributed by atoms with E-state index in [-0.39, 0.29) is 25.2 Å². The first-order chi connectivity index (χ1) is 12.8. The number of piperazine rings is 1. The highest BCUT2D eigenvalue weighted by molar-refractivity contribution is 6.01. The molecule has 1 aromatic carbocycles. The lowest BCUT2D eigenvalue weighted by molar-refractivity contribution is -0.184. The van der Waals surface area contributed by atoms with Crippen LogP contribution in [0.25, 0.3) is 0 Å². The maximum atomic E-state index is 13.4. The van der Waals surface area contributed by atoms with Crippen LogP contribution in [0, 0.1) is 5.82 Å². The molecule has 1 saturated heterocycles. The summed E-state index contributed by atoms with van der Waals surface area (Å²) < 4.78 is 53.6. The minimum atomic E-state index is -4.49. The molecule has 2 amide bonds. The van der Waals surface area contributed by atoms with Gasteiger partial charge >= 0.3 is 6.18 Å². The van der Waals surface area contributed by atoms with Gasteiger partial charge in [-0.15, -0.1) is 0 Å². The Labute approximate surface area is 153 Å². The Bertz CT molecular complexity index is 719. The molecule has 27 heavy (non-hydrogen) atoms. The monoisotopic (exact) mass is 388 g/mol. The second-order valence-corrected chi connectivity index (χ2v) is 6.62. The lowest BCUT2D eigenvalue weighted by Crippen LogP contribution is -2.57. The van der Waals surface area contributed by atoms with Crippen molar-refractivity contribution in [2.75, 3.05) is 38.0 Å². The molecule has 0 spiro atoms. The molecule has 2 aliphatic heterocycles. The SMILES string of the molecule is O=C1CC(C(=O)NCC(N2CCNCC2)C(F)(F)F)c2ccc(F)cc2N1. The minimum absolute atomic E-state index is 0.167. The average Bonchev–Trinajstić information content (AvgIpc) is 2.60. The van der Waals surface area contributed by atoms with Crippen molar-refractivity contribution >= 4 is 17.5 Å². The highest BCUT2D eigenvalue weighted by Crippen LogP contribution is 2.33. The number of nitrogens with one attached hydrogen (secondary N) is 3. The molecule has 0 saturated carbocycles. The van der Waals surface area contributed by atoms with Crippen molar-refractivity contribution in [3.63, 3.8) is 0 Å². The zero-order valence-electron chi connectivity index (χ0n) is 14.4. The summed E-state index contributed by atoms with van der Waals surface area (Å²) >= 11 is 0. The molecule has 0 aromatic heterocycles. The number of benzene rings is 1. The number of carbonyl (C=O) groups is 2. The van der Waals surface area contributed by atoms with Crippen LogP contribution in [-0.2, 0) is 9.59 Å². The number of nitrogens with zero attached hydrogens (tertiary/aromatic N) is 1. The number of anilines is 1. The highest BCUT2D eigenvalue weighted by atomic mass is 19.4. The number of rotatable bonds is 4. The molecule has 3 N–H and O–H groups in total. The maximum Gasteiger partial charge on any atom is 0.405 e. The van der Waals surface area contributed by atoms with E-state index < -0.39 is 42.3 Å². The van der Waals surface area contributed by atoms with E-state index in [1.807, 2.05) is 0 Å². The second kappa shape index (κ2) is 7.81. The van der Waals surface area contributed by atoms with Gasteiger partial charge in [-0.1, -0.05) is 6.07 Å². The third-order valence-corrected chi connectivity index (χ3v) is 4.81. The predicted molar refractivity (Wildman–Crippen MR) is 89.7 cm³/mol. The molecule has 1 aromatic rings. The van der Waals surface area contributed by atoms with Gasteiger partial charge in [0.1, 0.15) is 11.9 Å². The summed E-state index contributed by atoms with van der Waals surface area (Å²) in [6, 6.07) is 1.81. The van der Waals surface area contributed by atoms with Crippen molar-refractivity contribution in [3.8, 4) is 0 Å². The molecular weight excluding hydrogens is 368 g/mol. The van der Waals surface area contributed by atoms with E-state index in [0.717, 1.165) is 12.1 Å². The molecule has 6 nitrogen and oxygen atoms in total. The van der Waals surface area contributed by atoms with Crippen LogP contribution >= 0.6 is 0 Å². The van der Waals surface area contributed by atoms with Gasteiger partial charge in [0, 0.05) is 44.8 Å². The molecule has 148 valence electrons. The lowest BCUT2D eigenvalue weighted by Gasteiger charge is -2.36. The van der Waals surface area contributed by atoms with E-state index in [1.165, 1.54) is 11.0 Å². The van der Waals surface area contributed by atoms with Crippen LogP contribution in [0.1, 0.15) is 17.9 Å². The quantitative estimate of drug-likeness (QED) is 0.678. The number of fused-ring (bicyclic) bond motifs is 1. The summed E-state index contributed by atoms with van der Waals surface area (Å²) in [5.74, 6) is -2.69. The summed E-state index contributed by atoms with van der Waals surface area (Å²) in [5, 5.41) is 7.80. The molecule has 10 heteroatoms. The van der Waals surface area contributed by atoms with Crippen molar-refractivity contribution in [1.29, 1.82) is 0 Å². The Hall–Kier alpha value is -2.20. The van der Waals surface area contributed by atoms with Crippen molar-refractivity contribution in [2.45, 2.75) is 24.6 Å². The van der Waals surface area contributed by atoms with Gasteiger partial charge in [-0.05, 0) is 17.7 Å². The van der Waals surface area contributed by atoms with Crippen molar-refractivity contribution in [1.82, 2.24) is 15.5 Å². The maximum absolute atomic E-state index is 13.4. The van der Waals surface area contributed by atoms with Gasteiger partial charge in [0.15, 0.2) is 0 Å². The second-order valence-electron chi connectivity index (χ2n) is 6.62. The van der Waals surface area contributed by atoms with Crippen molar-refractivity contribution < 1.29 is 27.2 Å². The largest absolute Gasteiger partial charge is 0.405 e. The van der Waals surface area contributed by atoms with Crippen LogP contribution in [-0.4, -0.2) is 61.7 Å². The van der Waals surface area contributed by atoms with Gasteiger partial charge in [-0.3, -0.25) is 14.5 Å². The van der Waals surface area contributed by atoms with Crippen LogP contribution in [0.15, 0.2) is 18.2 Å². The Balaban J connectivity index is 1.72. The number of alkyl halides is 3.